The maximum atomic E-state index is 11.0. The van der Waals surface area contributed by atoms with Crippen molar-refractivity contribution in [1.29, 1.82) is 0 Å². The van der Waals surface area contributed by atoms with Gasteiger partial charge in [0.25, 0.3) is 5.69 Å². The number of carbonyl (C=O) groups is 1. The summed E-state index contributed by atoms with van der Waals surface area (Å²) in [4.78, 5) is 21.3. The number of nitrogens with zero attached hydrogens (tertiary/aromatic N) is 1. The first-order valence-electron chi connectivity index (χ1n) is 5.84. The van der Waals surface area contributed by atoms with Gasteiger partial charge < -0.3 is 10.4 Å². The number of aliphatic carboxylic acids is 1. The van der Waals surface area contributed by atoms with Gasteiger partial charge in [-0.2, -0.15) is 0 Å². The molecule has 0 saturated heterocycles. The summed E-state index contributed by atoms with van der Waals surface area (Å²) < 4.78 is 0. The number of nitro benzene ring substituents is 1. The number of benzene rings is 1. The Bertz CT molecular complexity index is 479. The minimum Gasteiger partial charge on any atom is -0.480 e. The maximum absolute atomic E-state index is 11.0. The van der Waals surface area contributed by atoms with Crippen LogP contribution in [0.25, 0.3) is 0 Å². The molecule has 1 aromatic carbocycles. The molecule has 1 aromatic rings. The van der Waals surface area contributed by atoms with Crippen LogP contribution in [0.1, 0.15) is 25.3 Å². The van der Waals surface area contributed by atoms with E-state index < -0.39 is 16.9 Å². The van der Waals surface area contributed by atoms with Crippen molar-refractivity contribution in [2.24, 2.45) is 0 Å². The van der Waals surface area contributed by atoms with E-state index in [0.29, 0.717) is 18.4 Å². The Morgan fingerprint density at radius 2 is 2.26 bits per heavy atom. The van der Waals surface area contributed by atoms with E-state index in [1.54, 1.807) is 6.07 Å². The van der Waals surface area contributed by atoms with Crippen molar-refractivity contribution in [2.45, 2.75) is 32.4 Å². The first-order chi connectivity index (χ1) is 8.95. The van der Waals surface area contributed by atoms with Gasteiger partial charge in [0.2, 0.25) is 0 Å². The van der Waals surface area contributed by atoms with Gasteiger partial charge in [-0.25, -0.2) is 0 Å². The second-order valence-corrected chi connectivity index (χ2v) is 4.53. The SMILES string of the molecule is CCCC(NCc1ccc(Cl)cc1[N+](=O)[O-])C(=O)O. The number of hydrogen-bond acceptors (Lipinski definition) is 4. The fourth-order valence-electron chi connectivity index (χ4n) is 1.69. The molecular weight excluding hydrogens is 272 g/mol. The molecule has 0 bridgehead atoms. The zero-order valence-electron chi connectivity index (χ0n) is 10.4. The van der Waals surface area contributed by atoms with Gasteiger partial charge in [0.15, 0.2) is 0 Å². The van der Waals surface area contributed by atoms with Gasteiger partial charge in [0, 0.05) is 23.2 Å². The molecule has 0 amide bonds. The molecule has 1 atom stereocenters. The average molecular weight is 287 g/mol. The number of halogens is 1. The summed E-state index contributed by atoms with van der Waals surface area (Å²) in [5, 5.41) is 22.9. The third-order valence-electron chi connectivity index (χ3n) is 2.66. The van der Waals surface area contributed by atoms with Gasteiger partial charge in [-0.05, 0) is 18.6 Å². The molecule has 0 radical (unpaired) electrons. The zero-order chi connectivity index (χ0) is 14.4. The highest BCUT2D eigenvalue weighted by molar-refractivity contribution is 6.30. The standard InChI is InChI=1S/C12H15ClN2O4/c1-2-3-10(12(16)17)14-7-8-4-5-9(13)6-11(8)15(18)19/h4-6,10,14H,2-3,7H2,1H3,(H,16,17). The summed E-state index contributed by atoms with van der Waals surface area (Å²) in [6, 6.07) is 3.62. The molecule has 2 N–H and O–H groups in total. The van der Waals surface area contributed by atoms with E-state index in [1.165, 1.54) is 12.1 Å². The lowest BCUT2D eigenvalue weighted by molar-refractivity contribution is -0.385. The molecule has 1 rings (SSSR count). The summed E-state index contributed by atoms with van der Waals surface area (Å²) in [5.74, 6) is -0.960. The summed E-state index contributed by atoms with van der Waals surface area (Å²) in [7, 11) is 0. The van der Waals surface area contributed by atoms with Crippen LogP contribution in [0, 0.1) is 10.1 Å². The molecule has 19 heavy (non-hydrogen) atoms. The third-order valence-corrected chi connectivity index (χ3v) is 2.89. The molecule has 7 heteroatoms. The van der Waals surface area contributed by atoms with Crippen LogP contribution < -0.4 is 5.32 Å². The molecule has 0 aliphatic rings. The van der Waals surface area contributed by atoms with Crippen molar-refractivity contribution < 1.29 is 14.8 Å². The van der Waals surface area contributed by atoms with Crippen LogP contribution in [0.2, 0.25) is 5.02 Å². The van der Waals surface area contributed by atoms with Gasteiger partial charge in [-0.15, -0.1) is 0 Å². The van der Waals surface area contributed by atoms with Crippen molar-refractivity contribution in [3.8, 4) is 0 Å². The van der Waals surface area contributed by atoms with Gasteiger partial charge in [0.1, 0.15) is 6.04 Å². The summed E-state index contributed by atoms with van der Waals surface area (Å²) in [6.07, 6.45) is 1.18. The summed E-state index contributed by atoms with van der Waals surface area (Å²) in [5.41, 5.74) is 0.303. The smallest absolute Gasteiger partial charge is 0.320 e. The second-order valence-electron chi connectivity index (χ2n) is 4.09. The Kier molecular flexibility index (Phi) is 5.72. The highest BCUT2D eigenvalue weighted by Crippen LogP contribution is 2.23. The predicted octanol–water partition coefficient (Wildman–Crippen LogP) is 2.59. The molecule has 0 aliphatic carbocycles. The quantitative estimate of drug-likeness (QED) is 0.593. The molecule has 0 spiro atoms. The average Bonchev–Trinajstić information content (AvgIpc) is 2.35. The molecule has 0 fully saturated rings. The number of hydrogen-bond donors (Lipinski definition) is 2. The summed E-state index contributed by atoms with van der Waals surface area (Å²) in [6.45, 7) is 1.99. The van der Waals surface area contributed by atoms with E-state index in [4.69, 9.17) is 16.7 Å². The van der Waals surface area contributed by atoms with E-state index in [2.05, 4.69) is 5.32 Å². The minimum atomic E-state index is -0.960. The highest BCUT2D eigenvalue weighted by Gasteiger charge is 2.19. The number of rotatable bonds is 7. The predicted molar refractivity (Wildman–Crippen MR) is 71.3 cm³/mol. The van der Waals surface area contributed by atoms with Crippen molar-refractivity contribution in [1.82, 2.24) is 5.32 Å². The van der Waals surface area contributed by atoms with Gasteiger partial charge in [-0.3, -0.25) is 14.9 Å². The lowest BCUT2D eigenvalue weighted by atomic mass is 10.1. The van der Waals surface area contributed by atoms with Crippen LogP contribution >= 0.6 is 11.6 Å². The Labute approximate surface area is 115 Å². The van der Waals surface area contributed by atoms with Crippen LogP contribution in [0.15, 0.2) is 18.2 Å². The Balaban J connectivity index is 2.82. The first-order valence-corrected chi connectivity index (χ1v) is 6.22. The van der Waals surface area contributed by atoms with E-state index >= 15 is 0 Å². The normalized spacial score (nSPS) is 12.1. The molecule has 0 aliphatic heterocycles. The Morgan fingerprint density at radius 1 is 1.58 bits per heavy atom. The maximum Gasteiger partial charge on any atom is 0.320 e. The number of carboxylic acid groups (broad SMARTS) is 1. The molecule has 6 nitrogen and oxygen atoms in total. The number of carboxylic acids is 1. The van der Waals surface area contributed by atoms with Crippen molar-refractivity contribution >= 4 is 23.3 Å². The fraction of sp³-hybridized carbons (Fsp3) is 0.417. The Morgan fingerprint density at radius 3 is 2.79 bits per heavy atom. The van der Waals surface area contributed by atoms with Gasteiger partial charge in [0.05, 0.1) is 4.92 Å². The summed E-state index contributed by atoms with van der Waals surface area (Å²) >= 11 is 5.70. The molecule has 0 heterocycles. The van der Waals surface area contributed by atoms with Gasteiger partial charge >= 0.3 is 5.97 Å². The van der Waals surface area contributed by atoms with E-state index in [-0.39, 0.29) is 17.3 Å². The van der Waals surface area contributed by atoms with E-state index in [0.717, 1.165) is 0 Å². The van der Waals surface area contributed by atoms with Crippen LogP contribution in [0.4, 0.5) is 5.69 Å². The van der Waals surface area contributed by atoms with Crippen LogP contribution in [0.5, 0.6) is 0 Å². The zero-order valence-corrected chi connectivity index (χ0v) is 11.2. The van der Waals surface area contributed by atoms with Crippen molar-refractivity contribution in [2.75, 3.05) is 0 Å². The molecule has 0 aromatic heterocycles. The monoisotopic (exact) mass is 286 g/mol. The van der Waals surface area contributed by atoms with Crippen LogP contribution in [-0.2, 0) is 11.3 Å². The van der Waals surface area contributed by atoms with Crippen LogP contribution in [0.3, 0.4) is 0 Å². The lowest BCUT2D eigenvalue weighted by Gasteiger charge is -2.13. The lowest BCUT2D eigenvalue weighted by Crippen LogP contribution is -2.36. The first kappa shape index (κ1) is 15.4. The molecular formula is C12H15ClN2O4. The fourth-order valence-corrected chi connectivity index (χ4v) is 1.86. The molecule has 0 saturated carbocycles. The van der Waals surface area contributed by atoms with E-state index in [9.17, 15) is 14.9 Å². The van der Waals surface area contributed by atoms with Gasteiger partial charge in [-0.1, -0.05) is 24.9 Å². The molecule has 1 unspecified atom stereocenters. The van der Waals surface area contributed by atoms with Crippen molar-refractivity contribution in [3.05, 3.63) is 38.9 Å². The third kappa shape index (κ3) is 4.50. The minimum absolute atomic E-state index is 0.111. The largest absolute Gasteiger partial charge is 0.480 e. The number of nitro groups is 1. The van der Waals surface area contributed by atoms with Crippen LogP contribution in [-0.4, -0.2) is 22.0 Å². The number of nitrogens with one attached hydrogen (secondary N) is 1. The van der Waals surface area contributed by atoms with Crippen molar-refractivity contribution in [3.63, 3.8) is 0 Å². The molecule has 104 valence electrons. The highest BCUT2D eigenvalue weighted by atomic mass is 35.5. The Hall–Kier alpha value is -1.66. The second kappa shape index (κ2) is 7.06. The topological polar surface area (TPSA) is 92.5 Å². The van der Waals surface area contributed by atoms with E-state index in [1.807, 2.05) is 6.92 Å².